The van der Waals surface area contributed by atoms with Crippen LogP contribution in [0.5, 0.6) is 5.75 Å². The maximum atomic E-state index is 14.5. The molecule has 11 nitrogen and oxygen atoms in total. The van der Waals surface area contributed by atoms with Gasteiger partial charge in [-0.25, -0.2) is 18.4 Å². The summed E-state index contributed by atoms with van der Waals surface area (Å²) in [6, 6.07) is -0.283. The van der Waals surface area contributed by atoms with E-state index >= 15 is 0 Å². The van der Waals surface area contributed by atoms with E-state index < -0.39 is 76.7 Å². The molecule has 0 unspecified atom stereocenters. The number of rotatable bonds is 13. The van der Waals surface area contributed by atoms with Crippen molar-refractivity contribution in [2.24, 2.45) is 0 Å². The van der Waals surface area contributed by atoms with Crippen molar-refractivity contribution < 1.29 is 50.7 Å². The summed E-state index contributed by atoms with van der Waals surface area (Å²) in [5.74, 6) is -5.79. The van der Waals surface area contributed by atoms with Gasteiger partial charge in [0.25, 0.3) is 10.1 Å². The van der Waals surface area contributed by atoms with Crippen molar-refractivity contribution in [3.63, 3.8) is 0 Å². The number of ether oxygens (including phenoxy) is 1. The largest absolute Gasteiger partial charge is 0.481 e. The van der Waals surface area contributed by atoms with Crippen LogP contribution < -0.4 is 15.0 Å². The molecule has 0 aliphatic rings. The summed E-state index contributed by atoms with van der Waals surface area (Å²) in [6.07, 6.45) is -1.54. The molecule has 0 saturated heterocycles. The second-order valence-electron chi connectivity index (χ2n) is 6.29. The van der Waals surface area contributed by atoms with Crippen LogP contribution in [0.1, 0.15) is 12.8 Å². The summed E-state index contributed by atoms with van der Waals surface area (Å²) >= 11 is 5.63. The number of carbonyl (C=O) groups is 3. The predicted octanol–water partition coefficient (Wildman–Crippen LogP) is 1.39. The number of hydrogen-bond acceptors (Lipinski definition) is 8. The fourth-order valence-corrected chi connectivity index (χ4v) is 3.02. The molecule has 0 bridgehead atoms. The first-order chi connectivity index (χ1) is 14.8. The Hall–Kier alpha value is -2.71. The molecule has 1 aromatic rings. The lowest BCUT2D eigenvalue weighted by atomic mass is 10.1. The third kappa shape index (κ3) is 9.62. The fraction of sp³-hybridized carbons (Fsp3) is 0.471. The quantitative estimate of drug-likeness (QED) is 0.265. The van der Waals surface area contributed by atoms with E-state index in [2.05, 4.69) is 4.18 Å². The number of alkyl halides is 1. The Bertz CT molecular complexity index is 923. The van der Waals surface area contributed by atoms with Gasteiger partial charge in [0.2, 0.25) is 0 Å². The van der Waals surface area contributed by atoms with Crippen molar-refractivity contribution in [3.05, 3.63) is 23.8 Å². The molecule has 0 aromatic heterocycles. The lowest BCUT2D eigenvalue weighted by molar-refractivity contribution is -0.140. The average Bonchev–Trinajstić information content (AvgIpc) is 2.63. The summed E-state index contributed by atoms with van der Waals surface area (Å²) in [4.78, 5) is 34.6. The van der Waals surface area contributed by atoms with E-state index in [1.54, 1.807) is 0 Å². The third-order valence-corrected chi connectivity index (χ3v) is 4.53. The summed E-state index contributed by atoms with van der Waals surface area (Å²) < 4.78 is 60.4. The Labute approximate surface area is 187 Å². The highest BCUT2D eigenvalue weighted by molar-refractivity contribution is 7.85. The van der Waals surface area contributed by atoms with Gasteiger partial charge in [-0.15, -0.1) is 11.6 Å². The molecule has 3 N–H and O–H groups in total. The molecule has 1 aromatic carbocycles. The number of nitrogens with one attached hydrogen (secondary N) is 1. The lowest BCUT2D eigenvalue weighted by Crippen LogP contribution is -2.42. The number of benzene rings is 1. The normalized spacial score (nSPS) is 12.1. The number of carboxylic acids is 2. The zero-order valence-electron chi connectivity index (χ0n) is 16.7. The van der Waals surface area contributed by atoms with Gasteiger partial charge in [-0.1, -0.05) is 0 Å². The van der Waals surface area contributed by atoms with E-state index in [1.807, 2.05) is 5.32 Å². The van der Waals surface area contributed by atoms with E-state index in [0.29, 0.717) is 12.1 Å². The minimum atomic E-state index is -3.77. The highest BCUT2D eigenvalue weighted by Gasteiger charge is 2.24. The summed E-state index contributed by atoms with van der Waals surface area (Å²) in [7, 11) is -3.77. The lowest BCUT2D eigenvalue weighted by Gasteiger charge is -2.25. The van der Waals surface area contributed by atoms with Crippen LogP contribution in [0.3, 0.4) is 0 Å². The van der Waals surface area contributed by atoms with Gasteiger partial charge in [0.05, 0.1) is 12.9 Å². The highest BCUT2D eigenvalue weighted by Crippen LogP contribution is 2.28. The van der Waals surface area contributed by atoms with Crippen molar-refractivity contribution in [1.82, 2.24) is 5.32 Å². The van der Waals surface area contributed by atoms with Crippen molar-refractivity contribution in [1.29, 1.82) is 0 Å². The maximum Gasteiger partial charge on any atom is 0.413 e. The smallest absolute Gasteiger partial charge is 0.413 e. The summed E-state index contributed by atoms with van der Waals surface area (Å²) in [5.41, 5.74) is -0.569. The first kappa shape index (κ1) is 27.3. The minimum Gasteiger partial charge on any atom is -0.481 e. The number of hydrogen-bond donors (Lipinski definition) is 3. The molecule has 1 amide bonds. The van der Waals surface area contributed by atoms with Gasteiger partial charge in [0, 0.05) is 37.5 Å². The summed E-state index contributed by atoms with van der Waals surface area (Å²) in [6.45, 7) is -0.687. The van der Waals surface area contributed by atoms with Crippen molar-refractivity contribution >= 4 is 45.4 Å². The van der Waals surface area contributed by atoms with Crippen LogP contribution in [0.2, 0.25) is 0 Å². The van der Waals surface area contributed by atoms with E-state index in [1.165, 1.54) is 0 Å². The zero-order valence-corrected chi connectivity index (χ0v) is 18.3. The summed E-state index contributed by atoms with van der Waals surface area (Å²) in [5, 5.41) is 19.5. The fourth-order valence-electron chi connectivity index (χ4n) is 2.44. The first-order valence-electron chi connectivity index (χ1n) is 8.91. The van der Waals surface area contributed by atoms with Gasteiger partial charge in [0.15, 0.2) is 11.6 Å². The Morgan fingerprint density at radius 3 is 2.25 bits per heavy atom. The Morgan fingerprint density at radius 1 is 1.19 bits per heavy atom. The molecule has 0 saturated carbocycles. The first-order valence-corrected chi connectivity index (χ1v) is 11.3. The molecule has 0 fully saturated rings. The topological polar surface area (TPSA) is 160 Å². The molecule has 180 valence electrons. The molecule has 0 radical (unpaired) electrons. The van der Waals surface area contributed by atoms with Gasteiger partial charge >= 0.3 is 18.0 Å². The third-order valence-electron chi connectivity index (χ3n) is 3.77. The van der Waals surface area contributed by atoms with Gasteiger partial charge in [0.1, 0.15) is 17.5 Å². The van der Waals surface area contributed by atoms with E-state index in [-0.39, 0.29) is 19.0 Å². The molecule has 0 aliphatic carbocycles. The van der Waals surface area contributed by atoms with Crippen LogP contribution in [0.25, 0.3) is 0 Å². The number of carbonyl (C=O) groups excluding carboxylic acids is 1. The molecule has 1 rings (SSSR count). The molecular formula is C17H21ClF2N2O9S. The van der Waals surface area contributed by atoms with E-state index in [9.17, 15) is 31.6 Å². The number of anilines is 1. The molecular weight excluding hydrogens is 482 g/mol. The molecule has 0 heterocycles. The molecule has 15 heteroatoms. The van der Waals surface area contributed by atoms with Gasteiger partial charge in [-0.05, 0) is 6.42 Å². The van der Waals surface area contributed by atoms with Gasteiger partial charge < -0.3 is 25.2 Å². The van der Waals surface area contributed by atoms with Crippen LogP contribution in [-0.4, -0.2) is 74.5 Å². The zero-order chi connectivity index (χ0) is 24.5. The Kier molecular flexibility index (Phi) is 10.6. The van der Waals surface area contributed by atoms with Crippen LogP contribution in [0.15, 0.2) is 12.1 Å². The highest BCUT2D eigenvalue weighted by atomic mass is 35.5. The molecule has 1 atom stereocenters. The average molecular weight is 503 g/mol. The van der Waals surface area contributed by atoms with E-state index in [0.717, 1.165) is 11.2 Å². The number of halogens is 3. The van der Waals surface area contributed by atoms with Gasteiger partial charge in [-0.3, -0.25) is 8.98 Å². The van der Waals surface area contributed by atoms with Crippen LogP contribution >= 0.6 is 11.6 Å². The number of nitrogens with zero attached hydrogens (tertiary/aromatic N) is 1. The molecule has 0 aliphatic heterocycles. The molecule has 32 heavy (non-hydrogen) atoms. The number of carboxylic acid groups (broad SMARTS) is 2. The predicted molar refractivity (Wildman–Crippen MR) is 108 cm³/mol. The van der Waals surface area contributed by atoms with Gasteiger partial charge in [-0.2, -0.15) is 8.42 Å². The Morgan fingerprint density at radius 2 is 1.78 bits per heavy atom. The molecule has 0 spiro atoms. The SMILES string of the molecule is CS(=O)(=O)OCCN(CCCl)c1c(F)cc(OC(=O)N[C@@H](CCC(=O)O)C(=O)O)cc1F. The van der Waals surface area contributed by atoms with Crippen LogP contribution in [-0.2, 0) is 23.9 Å². The van der Waals surface area contributed by atoms with Crippen LogP contribution in [0.4, 0.5) is 19.3 Å². The van der Waals surface area contributed by atoms with Crippen molar-refractivity contribution in [3.8, 4) is 5.75 Å². The monoisotopic (exact) mass is 502 g/mol. The number of amides is 1. The van der Waals surface area contributed by atoms with Crippen molar-refractivity contribution in [2.45, 2.75) is 18.9 Å². The van der Waals surface area contributed by atoms with Crippen LogP contribution in [0, 0.1) is 11.6 Å². The standard InChI is InChI=1S/C17H21ClF2N2O9S/c1-32(28,29)30-7-6-22(5-4-18)15-11(19)8-10(9-12(15)20)31-17(27)21-13(16(25)26)2-3-14(23)24/h8-9,13H,2-7H2,1H3,(H,21,27)(H,23,24)(H,25,26)/t13-/m0/s1. The minimum absolute atomic E-state index is 0.0503. The second kappa shape index (κ2) is 12.4. The second-order valence-corrected chi connectivity index (χ2v) is 8.32. The number of aliphatic carboxylic acids is 2. The van der Waals surface area contributed by atoms with Crippen molar-refractivity contribution in [2.75, 3.05) is 36.7 Å². The maximum absolute atomic E-state index is 14.5. The Balaban J connectivity index is 2.93. The van der Waals surface area contributed by atoms with E-state index in [4.69, 9.17) is 26.6 Å².